The van der Waals surface area contributed by atoms with Crippen LogP contribution in [0.2, 0.25) is 0 Å². The first kappa shape index (κ1) is 12.7. The largest absolute Gasteiger partial charge is 0.447 e. The normalized spacial score (nSPS) is 21.2. The molecule has 2 rings (SSSR count). The molecule has 2 aliphatic rings. The van der Waals surface area contributed by atoms with Crippen molar-refractivity contribution in [2.75, 3.05) is 19.8 Å². The van der Waals surface area contributed by atoms with Crippen LogP contribution in [0.5, 0.6) is 0 Å². The van der Waals surface area contributed by atoms with E-state index in [1.54, 1.807) is 0 Å². The standard InChI is InChI=1S/C13H23NO3/c15-8-9-17-13(16)14(12-6-7-12)10-11-4-2-1-3-5-11/h11-12,15H,1-10H2. The number of aliphatic hydroxyl groups excluding tert-OH is 1. The smallest absolute Gasteiger partial charge is 0.410 e. The summed E-state index contributed by atoms with van der Waals surface area (Å²) < 4.78 is 5.03. The number of amides is 1. The molecule has 0 radical (unpaired) electrons. The molecular formula is C13H23NO3. The van der Waals surface area contributed by atoms with E-state index in [0.29, 0.717) is 12.0 Å². The van der Waals surface area contributed by atoms with E-state index < -0.39 is 0 Å². The minimum absolute atomic E-state index is 0.0896. The van der Waals surface area contributed by atoms with Crippen molar-refractivity contribution in [1.29, 1.82) is 0 Å². The van der Waals surface area contributed by atoms with E-state index in [2.05, 4.69) is 0 Å². The summed E-state index contributed by atoms with van der Waals surface area (Å²) in [5.41, 5.74) is 0. The Hall–Kier alpha value is -0.770. The van der Waals surface area contributed by atoms with Crippen molar-refractivity contribution in [2.45, 2.75) is 51.0 Å². The molecule has 2 aliphatic carbocycles. The summed E-state index contributed by atoms with van der Waals surface area (Å²) in [5.74, 6) is 0.658. The van der Waals surface area contributed by atoms with Crippen LogP contribution in [0.4, 0.5) is 4.79 Å². The molecule has 0 spiro atoms. The average molecular weight is 241 g/mol. The highest BCUT2D eigenvalue weighted by molar-refractivity contribution is 5.68. The molecule has 4 nitrogen and oxygen atoms in total. The Morgan fingerprint density at radius 2 is 1.88 bits per heavy atom. The lowest BCUT2D eigenvalue weighted by atomic mass is 9.89. The summed E-state index contributed by atoms with van der Waals surface area (Å²) in [5, 5.41) is 8.68. The van der Waals surface area contributed by atoms with Crippen LogP contribution >= 0.6 is 0 Å². The molecule has 0 heterocycles. The second-order valence-electron chi connectivity index (χ2n) is 5.23. The van der Waals surface area contributed by atoms with E-state index >= 15 is 0 Å². The van der Waals surface area contributed by atoms with Gasteiger partial charge in [-0.3, -0.25) is 0 Å². The van der Waals surface area contributed by atoms with Crippen molar-refractivity contribution in [3.05, 3.63) is 0 Å². The van der Waals surface area contributed by atoms with Gasteiger partial charge >= 0.3 is 6.09 Å². The fraction of sp³-hybridized carbons (Fsp3) is 0.923. The van der Waals surface area contributed by atoms with Crippen LogP contribution < -0.4 is 0 Å². The fourth-order valence-electron chi connectivity index (χ4n) is 2.62. The first-order chi connectivity index (χ1) is 8.31. The number of aliphatic hydroxyl groups is 1. The number of ether oxygens (including phenoxy) is 1. The van der Waals surface area contributed by atoms with Crippen LogP contribution in [-0.4, -0.2) is 41.9 Å². The van der Waals surface area contributed by atoms with Gasteiger partial charge in [-0.25, -0.2) is 4.79 Å². The number of hydrogen-bond donors (Lipinski definition) is 1. The molecule has 2 fully saturated rings. The minimum atomic E-state index is -0.230. The number of hydrogen-bond acceptors (Lipinski definition) is 3. The second kappa shape index (κ2) is 6.24. The molecule has 0 aromatic heterocycles. The van der Waals surface area contributed by atoms with Gasteiger partial charge < -0.3 is 14.7 Å². The van der Waals surface area contributed by atoms with E-state index in [4.69, 9.17) is 9.84 Å². The zero-order chi connectivity index (χ0) is 12.1. The van der Waals surface area contributed by atoms with Crippen molar-refractivity contribution in [1.82, 2.24) is 4.90 Å². The Bertz CT molecular complexity index is 247. The number of nitrogens with zero attached hydrogens (tertiary/aromatic N) is 1. The van der Waals surface area contributed by atoms with Gasteiger partial charge in [0.15, 0.2) is 0 Å². The molecule has 0 aromatic carbocycles. The lowest BCUT2D eigenvalue weighted by Gasteiger charge is -2.29. The molecule has 0 aromatic rings. The molecule has 4 heteroatoms. The Labute approximate surface area is 103 Å². The summed E-state index contributed by atoms with van der Waals surface area (Å²) >= 11 is 0. The third kappa shape index (κ3) is 3.87. The average Bonchev–Trinajstić information content (AvgIpc) is 3.18. The van der Waals surface area contributed by atoms with E-state index in [0.717, 1.165) is 19.4 Å². The van der Waals surface area contributed by atoms with Gasteiger partial charge in [-0.05, 0) is 31.6 Å². The van der Waals surface area contributed by atoms with Crippen molar-refractivity contribution >= 4 is 6.09 Å². The number of rotatable bonds is 5. The molecule has 2 saturated carbocycles. The topological polar surface area (TPSA) is 49.8 Å². The molecule has 0 aliphatic heterocycles. The van der Waals surface area contributed by atoms with Crippen LogP contribution in [0.25, 0.3) is 0 Å². The first-order valence-electron chi connectivity index (χ1n) is 6.85. The van der Waals surface area contributed by atoms with E-state index in [1.165, 1.54) is 32.1 Å². The second-order valence-corrected chi connectivity index (χ2v) is 5.23. The molecule has 0 saturated heterocycles. The minimum Gasteiger partial charge on any atom is -0.447 e. The zero-order valence-corrected chi connectivity index (χ0v) is 10.4. The fourth-order valence-corrected chi connectivity index (χ4v) is 2.62. The quantitative estimate of drug-likeness (QED) is 0.802. The summed E-state index contributed by atoms with van der Waals surface area (Å²) in [6.07, 6.45) is 8.43. The highest BCUT2D eigenvalue weighted by Crippen LogP contribution is 2.31. The van der Waals surface area contributed by atoms with Gasteiger partial charge in [-0.2, -0.15) is 0 Å². The van der Waals surface area contributed by atoms with Gasteiger partial charge in [0.2, 0.25) is 0 Å². The van der Waals surface area contributed by atoms with Crippen LogP contribution in [0.15, 0.2) is 0 Å². The van der Waals surface area contributed by atoms with Crippen molar-refractivity contribution < 1.29 is 14.6 Å². The summed E-state index contributed by atoms with van der Waals surface area (Å²) in [6, 6.07) is 0.406. The monoisotopic (exact) mass is 241 g/mol. The van der Waals surface area contributed by atoms with Gasteiger partial charge in [0.25, 0.3) is 0 Å². The molecule has 17 heavy (non-hydrogen) atoms. The molecule has 0 atom stereocenters. The number of carbonyl (C=O) groups excluding carboxylic acids is 1. The molecule has 0 bridgehead atoms. The summed E-state index contributed by atoms with van der Waals surface area (Å²) in [6.45, 7) is 0.884. The van der Waals surface area contributed by atoms with Crippen molar-refractivity contribution in [3.63, 3.8) is 0 Å². The predicted octanol–water partition coefficient (Wildman–Crippen LogP) is 2.16. The SMILES string of the molecule is O=C(OCCO)N(CC1CCCCC1)C1CC1. The third-order valence-electron chi connectivity index (χ3n) is 3.72. The Kier molecular flexibility index (Phi) is 4.66. The molecule has 98 valence electrons. The molecule has 1 amide bonds. The lowest BCUT2D eigenvalue weighted by Crippen LogP contribution is -2.38. The van der Waals surface area contributed by atoms with E-state index in [-0.39, 0.29) is 19.3 Å². The zero-order valence-electron chi connectivity index (χ0n) is 10.4. The molecule has 1 N–H and O–H groups in total. The maximum absolute atomic E-state index is 11.8. The maximum Gasteiger partial charge on any atom is 0.410 e. The molecule has 0 unspecified atom stereocenters. The van der Waals surface area contributed by atoms with Crippen LogP contribution in [0, 0.1) is 5.92 Å². The highest BCUT2D eigenvalue weighted by atomic mass is 16.6. The Balaban J connectivity index is 1.81. The maximum atomic E-state index is 11.8. The Morgan fingerprint density at radius 1 is 1.18 bits per heavy atom. The lowest BCUT2D eigenvalue weighted by molar-refractivity contribution is 0.0743. The summed E-state index contributed by atoms with van der Waals surface area (Å²) in [4.78, 5) is 13.7. The Morgan fingerprint density at radius 3 is 2.47 bits per heavy atom. The van der Waals surface area contributed by atoms with Gasteiger partial charge in [0.1, 0.15) is 6.61 Å². The number of carbonyl (C=O) groups is 1. The van der Waals surface area contributed by atoms with Gasteiger partial charge in [0, 0.05) is 12.6 Å². The van der Waals surface area contributed by atoms with E-state index in [1.807, 2.05) is 4.90 Å². The van der Waals surface area contributed by atoms with Crippen molar-refractivity contribution in [2.24, 2.45) is 5.92 Å². The molecular weight excluding hydrogens is 218 g/mol. The predicted molar refractivity (Wildman–Crippen MR) is 64.7 cm³/mol. The van der Waals surface area contributed by atoms with Crippen LogP contribution in [-0.2, 0) is 4.74 Å². The third-order valence-corrected chi connectivity index (χ3v) is 3.72. The van der Waals surface area contributed by atoms with Crippen LogP contribution in [0.1, 0.15) is 44.9 Å². The first-order valence-corrected chi connectivity index (χ1v) is 6.85. The van der Waals surface area contributed by atoms with Gasteiger partial charge in [-0.1, -0.05) is 19.3 Å². The van der Waals surface area contributed by atoms with Crippen molar-refractivity contribution in [3.8, 4) is 0 Å². The summed E-state index contributed by atoms with van der Waals surface area (Å²) in [7, 11) is 0. The van der Waals surface area contributed by atoms with Crippen LogP contribution in [0.3, 0.4) is 0 Å². The van der Waals surface area contributed by atoms with E-state index in [9.17, 15) is 4.79 Å². The van der Waals surface area contributed by atoms with Gasteiger partial charge in [-0.15, -0.1) is 0 Å². The highest BCUT2D eigenvalue weighted by Gasteiger charge is 2.35. The van der Waals surface area contributed by atoms with Gasteiger partial charge in [0.05, 0.1) is 6.61 Å².